The highest BCUT2D eigenvalue weighted by Gasteiger charge is 2.36. The Kier molecular flexibility index (Phi) is 6.04. The molecule has 0 radical (unpaired) electrons. The second kappa shape index (κ2) is 9.28. The standard InChI is InChI=1S/C25H22N6OS2/c1-15(2)20-16(3)34-24(27-20)29-28-22-21(18-12-8-5-9-13-18)30-31(23(22)32)25-26-19(14-33-25)17-10-6-4-7-11-17/h4-15H,1-3H3,(H,27,29)/b28-22-. The number of aryl methyl sites for hydroxylation is 1. The fraction of sp³-hybridized carbons (Fsp3) is 0.160. The summed E-state index contributed by atoms with van der Waals surface area (Å²) in [5.74, 6) is -0.0223. The van der Waals surface area contributed by atoms with Gasteiger partial charge in [0, 0.05) is 21.4 Å². The van der Waals surface area contributed by atoms with Crippen molar-refractivity contribution in [3.63, 3.8) is 0 Å². The lowest BCUT2D eigenvalue weighted by molar-refractivity contribution is -0.112. The van der Waals surface area contributed by atoms with Gasteiger partial charge < -0.3 is 0 Å². The van der Waals surface area contributed by atoms with E-state index in [4.69, 9.17) is 0 Å². The molecule has 34 heavy (non-hydrogen) atoms. The van der Waals surface area contributed by atoms with E-state index < -0.39 is 0 Å². The number of nitrogens with one attached hydrogen (secondary N) is 1. The Morgan fingerprint density at radius 2 is 1.65 bits per heavy atom. The van der Waals surface area contributed by atoms with Crippen LogP contribution < -0.4 is 10.4 Å². The number of hydrogen-bond donors (Lipinski definition) is 1. The van der Waals surface area contributed by atoms with Crippen LogP contribution in [0.5, 0.6) is 0 Å². The highest BCUT2D eigenvalue weighted by atomic mass is 32.1. The van der Waals surface area contributed by atoms with Gasteiger partial charge in [-0.1, -0.05) is 74.5 Å². The topological polar surface area (TPSA) is 82.8 Å². The van der Waals surface area contributed by atoms with Crippen LogP contribution >= 0.6 is 22.7 Å². The van der Waals surface area contributed by atoms with E-state index >= 15 is 0 Å². The summed E-state index contributed by atoms with van der Waals surface area (Å²) in [5, 5.41) is 13.5. The number of hydrazone groups is 2. The van der Waals surface area contributed by atoms with Crippen molar-refractivity contribution in [1.82, 2.24) is 9.97 Å². The monoisotopic (exact) mass is 486 g/mol. The van der Waals surface area contributed by atoms with Crippen LogP contribution in [-0.2, 0) is 4.79 Å². The molecule has 0 fully saturated rings. The second-order valence-corrected chi connectivity index (χ2v) is 10.0. The molecule has 0 saturated carbocycles. The summed E-state index contributed by atoms with van der Waals surface area (Å²) in [6.45, 7) is 6.25. The van der Waals surface area contributed by atoms with Gasteiger partial charge >= 0.3 is 5.91 Å². The van der Waals surface area contributed by atoms with Gasteiger partial charge in [0.05, 0.1) is 11.4 Å². The highest BCUT2D eigenvalue weighted by Crippen LogP contribution is 2.31. The third kappa shape index (κ3) is 4.27. The number of benzene rings is 2. The number of rotatable bonds is 6. The summed E-state index contributed by atoms with van der Waals surface area (Å²) in [5.41, 5.74) is 7.32. The molecule has 0 bridgehead atoms. The maximum Gasteiger partial charge on any atom is 0.303 e. The minimum atomic E-state index is -0.335. The molecule has 0 aliphatic carbocycles. The Hall–Kier alpha value is -3.69. The summed E-state index contributed by atoms with van der Waals surface area (Å²) in [7, 11) is 0. The number of hydrogen-bond acceptors (Lipinski definition) is 8. The van der Waals surface area contributed by atoms with Crippen LogP contribution in [-0.4, -0.2) is 27.3 Å². The van der Waals surface area contributed by atoms with Gasteiger partial charge in [-0.2, -0.15) is 15.2 Å². The van der Waals surface area contributed by atoms with Crippen LogP contribution in [0.1, 0.15) is 35.9 Å². The highest BCUT2D eigenvalue weighted by molar-refractivity contribution is 7.15. The van der Waals surface area contributed by atoms with Crippen molar-refractivity contribution in [3.05, 3.63) is 82.2 Å². The van der Waals surface area contributed by atoms with E-state index in [9.17, 15) is 4.79 Å². The molecule has 0 unspecified atom stereocenters. The largest absolute Gasteiger partial charge is 0.303 e. The van der Waals surface area contributed by atoms with Gasteiger partial charge in [-0.25, -0.2) is 9.97 Å². The third-order valence-corrected chi connectivity index (χ3v) is 6.96. The molecular weight excluding hydrogens is 464 g/mol. The van der Waals surface area contributed by atoms with Gasteiger partial charge in [-0.15, -0.1) is 22.7 Å². The maximum absolute atomic E-state index is 13.4. The van der Waals surface area contributed by atoms with Crippen LogP contribution in [0.2, 0.25) is 0 Å². The van der Waals surface area contributed by atoms with E-state index in [0.717, 1.165) is 27.4 Å². The number of aromatic nitrogens is 2. The third-order valence-electron chi connectivity index (χ3n) is 5.25. The van der Waals surface area contributed by atoms with Gasteiger partial charge in [0.1, 0.15) is 5.71 Å². The lowest BCUT2D eigenvalue weighted by atomic mass is 10.1. The number of carbonyl (C=O) groups excluding carboxylic acids is 1. The molecule has 1 amide bonds. The molecule has 2 aromatic carbocycles. The molecule has 7 nitrogen and oxygen atoms in total. The first-order valence-corrected chi connectivity index (χ1v) is 12.5. The van der Waals surface area contributed by atoms with Gasteiger partial charge in [0.2, 0.25) is 10.3 Å². The molecule has 9 heteroatoms. The second-order valence-electron chi connectivity index (χ2n) is 8.00. The van der Waals surface area contributed by atoms with Gasteiger partial charge in [-0.05, 0) is 12.8 Å². The molecular formula is C25H22N6OS2. The predicted octanol–water partition coefficient (Wildman–Crippen LogP) is 5.92. The van der Waals surface area contributed by atoms with E-state index in [1.807, 2.05) is 73.0 Å². The van der Waals surface area contributed by atoms with Gasteiger partial charge in [0.15, 0.2) is 5.71 Å². The van der Waals surface area contributed by atoms with Gasteiger partial charge in [0.25, 0.3) is 0 Å². The van der Waals surface area contributed by atoms with Crippen LogP contribution in [0.3, 0.4) is 0 Å². The van der Waals surface area contributed by atoms with E-state index in [0.29, 0.717) is 21.9 Å². The van der Waals surface area contributed by atoms with Crippen LogP contribution in [0.15, 0.2) is 76.2 Å². The molecule has 1 aliphatic heterocycles. The van der Waals surface area contributed by atoms with Crippen molar-refractivity contribution >= 4 is 50.3 Å². The molecule has 0 saturated heterocycles. The summed E-state index contributed by atoms with van der Waals surface area (Å²) in [6.07, 6.45) is 0. The minimum Gasteiger partial charge on any atom is -0.265 e. The number of amides is 1. The number of thiazole rings is 2. The van der Waals surface area contributed by atoms with Crippen molar-refractivity contribution in [2.24, 2.45) is 10.2 Å². The summed E-state index contributed by atoms with van der Waals surface area (Å²) in [4.78, 5) is 23.8. The van der Waals surface area contributed by atoms with E-state index in [-0.39, 0.29) is 11.6 Å². The molecule has 0 atom stereocenters. The molecule has 170 valence electrons. The molecule has 4 aromatic rings. The Balaban J connectivity index is 1.49. The van der Waals surface area contributed by atoms with Crippen molar-refractivity contribution in [2.75, 3.05) is 10.4 Å². The summed E-state index contributed by atoms with van der Waals surface area (Å²) < 4.78 is 0. The number of carbonyl (C=O) groups is 1. The number of anilines is 2. The van der Waals surface area contributed by atoms with Crippen LogP contribution in [0, 0.1) is 6.92 Å². The first-order valence-electron chi connectivity index (χ1n) is 10.8. The fourth-order valence-electron chi connectivity index (χ4n) is 3.61. The first-order chi connectivity index (χ1) is 16.5. The lowest BCUT2D eigenvalue weighted by Gasteiger charge is -2.06. The number of nitrogens with zero attached hydrogens (tertiary/aromatic N) is 5. The normalized spacial score (nSPS) is 14.8. The van der Waals surface area contributed by atoms with E-state index in [2.05, 4.69) is 39.4 Å². The van der Waals surface area contributed by atoms with Crippen molar-refractivity contribution in [2.45, 2.75) is 26.7 Å². The zero-order valence-corrected chi connectivity index (χ0v) is 20.5. The maximum atomic E-state index is 13.4. The predicted molar refractivity (Wildman–Crippen MR) is 140 cm³/mol. The Labute approximate surface area is 205 Å². The molecule has 2 aromatic heterocycles. The van der Waals surface area contributed by atoms with Crippen molar-refractivity contribution in [3.8, 4) is 11.3 Å². The minimum absolute atomic E-state index is 0.224. The molecule has 5 rings (SSSR count). The summed E-state index contributed by atoms with van der Waals surface area (Å²) in [6, 6.07) is 19.4. The van der Waals surface area contributed by atoms with Crippen LogP contribution in [0.4, 0.5) is 10.3 Å². The van der Waals surface area contributed by atoms with Crippen molar-refractivity contribution < 1.29 is 4.79 Å². The van der Waals surface area contributed by atoms with E-state index in [1.165, 1.54) is 27.7 Å². The lowest BCUT2D eigenvalue weighted by Crippen LogP contribution is -2.28. The van der Waals surface area contributed by atoms with Gasteiger partial charge in [-0.3, -0.25) is 10.2 Å². The Bertz CT molecular complexity index is 1390. The molecule has 3 heterocycles. The molecule has 1 aliphatic rings. The smallest absolute Gasteiger partial charge is 0.265 e. The quantitative estimate of drug-likeness (QED) is 0.343. The first kappa shape index (κ1) is 22.1. The average molecular weight is 487 g/mol. The van der Waals surface area contributed by atoms with Crippen LogP contribution in [0.25, 0.3) is 11.3 Å². The molecule has 0 spiro atoms. The van der Waals surface area contributed by atoms with Crippen molar-refractivity contribution in [1.29, 1.82) is 0 Å². The SMILES string of the molecule is Cc1sc(N/N=C2\C(=O)N(c3nc(-c4ccccc4)cs3)N=C2c2ccccc2)nc1C(C)C. The molecule has 1 N–H and O–H groups in total. The van der Waals surface area contributed by atoms with E-state index in [1.54, 1.807) is 0 Å². The summed E-state index contributed by atoms with van der Waals surface area (Å²) >= 11 is 2.89. The fourth-order valence-corrected chi connectivity index (χ4v) is 5.31. The average Bonchev–Trinajstić information content (AvgIpc) is 3.56. The zero-order chi connectivity index (χ0) is 23.7. The Morgan fingerprint density at radius 1 is 0.971 bits per heavy atom. The Morgan fingerprint density at radius 3 is 2.29 bits per heavy atom. The zero-order valence-electron chi connectivity index (χ0n) is 18.9.